The van der Waals surface area contributed by atoms with E-state index in [1.807, 2.05) is 0 Å². The number of carboxylic acid groups (broad SMARTS) is 1. The Bertz CT molecular complexity index is 904. The van der Waals surface area contributed by atoms with Crippen LogP contribution in [0.3, 0.4) is 0 Å². The number of aliphatic hydroxyl groups excluding tert-OH is 3. The van der Waals surface area contributed by atoms with Gasteiger partial charge in [0.05, 0.1) is 5.39 Å². The Morgan fingerprint density at radius 3 is 2.46 bits per heavy atom. The number of aryl methyl sites for hydroxylation is 1. The van der Waals surface area contributed by atoms with E-state index in [-0.39, 0.29) is 22.5 Å². The monoisotopic (exact) mass is 368 g/mol. The van der Waals surface area contributed by atoms with Gasteiger partial charge in [-0.25, -0.2) is 9.59 Å². The Hall–Kier alpha value is -2.66. The van der Waals surface area contributed by atoms with Gasteiger partial charge in [0.15, 0.2) is 6.10 Å². The predicted molar refractivity (Wildman–Crippen MR) is 83.8 cm³/mol. The molecule has 1 fully saturated rings. The van der Waals surface area contributed by atoms with Crippen LogP contribution in [0.5, 0.6) is 11.5 Å². The summed E-state index contributed by atoms with van der Waals surface area (Å²) in [6.07, 6.45) is -8.96. The number of phenols is 1. The van der Waals surface area contributed by atoms with Crippen LogP contribution in [0.25, 0.3) is 11.0 Å². The minimum absolute atomic E-state index is 0.00525. The maximum atomic E-state index is 11.5. The third-order valence-corrected chi connectivity index (χ3v) is 4.05. The summed E-state index contributed by atoms with van der Waals surface area (Å²) < 4.78 is 15.5. The van der Waals surface area contributed by atoms with Gasteiger partial charge in [0.2, 0.25) is 6.29 Å². The highest BCUT2D eigenvalue weighted by atomic mass is 16.7. The van der Waals surface area contributed by atoms with Crippen molar-refractivity contribution in [3.8, 4) is 11.5 Å². The molecule has 0 radical (unpaired) electrons. The number of aromatic hydroxyl groups is 1. The van der Waals surface area contributed by atoms with Gasteiger partial charge in [0.25, 0.3) is 0 Å². The second-order valence-electron chi connectivity index (χ2n) is 5.92. The van der Waals surface area contributed by atoms with Crippen LogP contribution in [0.4, 0.5) is 0 Å². The molecule has 2 heterocycles. The number of aliphatic hydroxyl groups is 3. The van der Waals surface area contributed by atoms with E-state index in [9.17, 15) is 30.0 Å². The van der Waals surface area contributed by atoms with E-state index in [0.717, 1.165) is 6.07 Å². The second kappa shape index (κ2) is 6.57. The van der Waals surface area contributed by atoms with Crippen molar-refractivity contribution in [3.05, 3.63) is 34.2 Å². The largest absolute Gasteiger partial charge is 0.508 e. The molecule has 5 atom stereocenters. The van der Waals surface area contributed by atoms with Crippen LogP contribution in [0.1, 0.15) is 5.56 Å². The first-order valence-electron chi connectivity index (χ1n) is 7.55. The Morgan fingerprint density at radius 2 is 1.81 bits per heavy atom. The number of aliphatic carboxylic acids is 1. The number of ether oxygens (including phenoxy) is 2. The minimum Gasteiger partial charge on any atom is -0.508 e. The highest BCUT2D eigenvalue weighted by Gasteiger charge is 2.48. The molecule has 3 rings (SSSR count). The average Bonchev–Trinajstić information content (AvgIpc) is 2.53. The van der Waals surface area contributed by atoms with Crippen molar-refractivity contribution >= 4 is 16.9 Å². The van der Waals surface area contributed by atoms with Gasteiger partial charge in [-0.1, -0.05) is 0 Å². The highest BCUT2D eigenvalue weighted by Crippen LogP contribution is 2.34. The molecule has 5 N–H and O–H groups in total. The first-order valence-corrected chi connectivity index (χ1v) is 7.55. The Morgan fingerprint density at radius 1 is 1.12 bits per heavy atom. The fraction of sp³-hybridized carbons (Fsp3) is 0.375. The van der Waals surface area contributed by atoms with Crippen LogP contribution in [0.15, 0.2) is 27.4 Å². The number of carboxylic acids is 1. The summed E-state index contributed by atoms with van der Waals surface area (Å²) in [5, 5.41) is 48.7. The van der Waals surface area contributed by atoms with Crippen molar-refractivity contribution in [2.45, 2.75) is 37.6 Å². The second-order valence-corrected chi connectivity index (χ2v) is 5.92. The van der Waals surface area contributed by atoms with Crippen molar-refractivity contribution in [2.75, 3.05) is 0 Å². The molecule has 1 aromatic carbocycles. The van der Waals surface area contributed by atoms with E-state index in [1.165, 1.54) is 12.1 Å². The molecule has 10 heteroatoms. The van der Waals surface area contributed by atoms with E-state index < -0.39 is 42.3 Å². The molecule has 140 valence electrons. The molecule has 1 saturated heterocycles. The lowest BCUT2D eigenvalue weighted by Gasteiger charge is -2.38. The SMILES string of the molecule is Cc1cc(=O)oc2cc(O)cc(O[C@@H]3O[C@H](C(=O)O)[C@@H](O)[C@H](O)[C@H]3O)c12. The normalized spacial score (nSPS) is 28.8. The van der Waals surface area contributed by atoms with Crippen molar-refractivity contribution < 1.29 is 44.2 Å². The van der Waals surface area contributed by atoms with Gasteiger partial charge >= 0.3 is 11.6 Å². The molecule has 0 saturated carbocycles. The number of fused-ring (bicyclic) bond motifs is 1. The molecule has 0 aliphatic carbocycles. The Labute approximate surface area is 145 Å². The van der Waals surface area contributed by atoms with Crippen molar-refractivity contribution in [2.24, 2.45) is 0 Å². The number of phenolic OH excluding ortho intramolecular Hbond substituents is 1. The van der Waals surface area contributed by atoms with Crippen molar-refractivity contribution in [3.63, 3.8) is 0 Å². The molecule has 0 amide bonds. The zero-order chi connectivity index (χ0) is 19.2. The summed E-state index contributed by atoms with van der Waals surface area (Å²) in [6, 6.07) is 3.52. The van der Waals surface area contributed by atoms with E-state index >= 15 is 0 Å². The van der Waals surface area contributed by atoms with Crippen LogP contribution in [0, 0.1) is 6.92 Å². The molecular weight excluding hydrogens is 352 g/mol. The third kappa shape index (κ3) is 3.10. The summed E-state index contributed by atoms with van der Waals surface area (Å²) in [4.78, 5) is 22.6. The van der Waals surface area contributed by atoms with Gasteiger partial charge in [-0.05, 0) is 12.5 Å². The average molecular weight is 368 g/mol. The van der Waals surface area contributed by atoms with Crippen LogP contribution >= 0.6 is 0 Å². The van der Waals surface area contributed by atoms with Gasteiger partial charge in [-0.15, -0.1) is 0 Å². The van der Waals surface area contributed by atoms with Gasteiger partial charge in [0, 0.05) is 18.2 Å². The van der Waals surface area contributed by atoms with Crippen LogP contribution in [0.2, 0.25) is 0 Å². The predicted octanol–water partition coefficient (Wildman–Crippen LogP) is -0.922. The summed E-state index contributed by atoms with van der Waals surface area (Å²) in [7, 11) is 0. The van der Waals surface area contributed by atoms with E-state index in [0.29, 0.717) is 5.56 Å². The van der Waals surface area contributed by atoms with Gasteiger partial charge in [0.1, 0.15) is 35.4 Å². The van der Waals surface area contributed by atoms with Crippen LogP contribution < -0.4 is 10.4 Å². The van der Waals surface area contributed by atoms with Crippen LogP contribution in [-0.2, 0) is 9.53 Å². The summed E-state index contributed by atoms with van der Waals surface area (Å²) >= 11 is 0. The first kappa shape index (κ1) is 18.1. The number of hydrogen-bond donors (Lipinski definition) is 5. The minimum atomic E-state index is -1.86. The lowest BCUT2D eigenvalue weighted by atomic mass is 9.99. The lowest BCUT2D eigenvalue weighted by molar-refractivity contribution is -0.270. The fourth-order valence-electron chi connectivity index (χ4n) is 2.80. The molecule has 1 aliphatic rings. The van der Waals surface area contributed by atoms with E-state index in [2.05, 4.69) is 0 Å². The Balaban J connectivity index is 2.02. The van der Waals surface area contributed by atoms with Crippen LogP contribution in [-0.4, -0.2) is 62.2 Å². The standard InChI is InChI=1S/C16H16O10/c1-5-2-9(18)24-7-3-6(17)4-8(10(5)7)25-16-13(21)11(19)12(20)14(26-16)15(22)23/h2-4,11-14,16-17,19-21H,1H3,(H,22,23)/t11-,12-,13+,14-,16+/m0/s1. The molecule has 1 aromatic heterocycles. The smallest absolute Gasteiger partial charge is 0.336 e. The zero-order valence-corrected chi connectivity index (χ0v) is 13.4. The summed E-state index contributed by atoms with van der Waals surface area (Å²) in [6.45, 7) is 1.58. The number of carbonyl (C=O) groups is 1. The molecule has 2 aromatic rings. The Kier molecular flexibility index (Phi) is 4.59. The zero-order valence-electron chi connectivity index (χ0n) is 13.4. The number of hydrogen-bond acceptors (Lipinski definition) is 9. The topological polar surface area (TPSA) is 167 Å². The molecule has 0 spiro atoms. The van der Waals surface area contributed by atoms with E-state index in [1.54, 1.807) is 6.92 Å². The van der Waals surface area contributed by atoms with Gasteiger partial charge in [-0.2, -0.15) is 0 Å². The van der Waals surface area contributed by atoms with E-state index in [4.69, 9.17) is 19.0 Å². The number of benzene rings is 1. The van der Waals surface area contributed by atoms with Gasteiger partial charge in [-0.3, -0.25) is 0 Å². The molecule has 0 bridgehead atoms. The fourth-order valence-corrected chi connectivity index (χ4v) is 2.80. The summed E-state index contributed by atoms with van der Waals surface area (Å²) in [5.41, 5.74) is -0.206. The molecule has 1 aliphatic heterocycles. The maximum Gasteiger partial charge on any atom is 0.336 e. The highest BCUT2D eigenvalue weighted by molar-refractivity contribution is 5.88. The third-order valence-electron chi connectivity index (χ3n) is 4.05. The van der Waals surface area contributed by atoms with Crippen molar-refractivity contribution in [1.82, 2.24) is 0 Å². The van der Waals surface area contributed by atoms with Crippen molar-refractivity contribution in [1.29, 1.82) is 0 Å². The maximum absolute atomic E-state index is 11.5. The lowest BCUT2D eigenvalue weighted by Crippen LogP contribution is -2.61. The molecule has 0 unspecified atom stereocenters. The first-order chi connectivity index (χ1) is 12.2. The molecule has 26 heavy (non-hydrogen) atoms. The summed E-state index contributed by atoms with van der Waals surface area (Å²) in [5.74, 6) is -1.94. The number of rotatable bonds is 3. The quantitative estimate of drug-likeness (QED) is 0.427. The van der Waals surface area contributed by atoms with Gasteiger partial charge < -0.3 is 39.4 Å². The molecule has 10 nitrogen and oxygen atoms in total. The molecular formula is C16H16O10.